The lowest BCUT2D eigenvalue weighted by Gasteiger charge is -2.51. The van der Waals surface area contributed by atoms with E-state index in [4.69, 9.17) is 0 Å². The second-order valence-electron chi connectivity index (χ2n) is 8.07. The lowest BCUT2D eigenvalue weighted by Crippen LogP contribution is -2.72. The molecular formula is C23H23N3O3. The number of hydrogen-bond acceptors (Lipinski definition) is 4. The van der Waals surface area contributed by atoms with E-state index in [1.54, 1.807) is 24.3 Å². The largest absolute Gasteiger partial charge is 0.367 e. The number of amides is 4. The van der Waals surface area contributed by atoms with E-state index < -0.39 is 23.3 Å². The van der Waals surface area contributed by atoms with Crippen molar-refractivity contribution in [3.63, 3.8) is 0 Å². The number of carbonyl (C=O) groups excluding carboxylic acids is 3. The van der Waals surface area contributed by atoms with Gasteiger partial charge in [0.2, 0.25) is 5.91 Å². The molecule has 1 spiro atoms. The Morgan fingerprint density at radius 3 is 2.48 bits per heavy atom. The lowest BCUT2D eigenvalue weighted by molar-refractivity contribution is -0.144. The first kappa shape index (κ1) is 17.9. The van der Waals surface area contributed by atoms with Crippen LogP contribution in [0.15, 0.2) is 54.6 Å². The fraction of sp³-hybridized carbons (Fsp3) is 0.348. The van der Waals surface area contributed by atoms with Gasteiger partial charge in [-0.3, -0.25) is 14.9 Å². The van der Waals surface area contributed by atoms with E-state index in [2.05, 4.69) is 16.3 Å². The highest BCUT2D eigenvalue weighted by atomic mass is 16.2. The van der Waals surface area contributed by atoms with E-state index in [0.29, 0.717) is 12.1 Å². The third kappa shape index (κ3) is 2.58. The Morgan fingerprint density at radius 1 is 0.897 bits per heavy atom. The van der Waals surface area contributed by atoms with Gasteiger partial charge < -0.3 is 4.90 Å². The summed E-state index contributed by atoms with van der Waals surface area (Å²) < 4.78 is 0. The average Bonchev–Trinajstić information content (AvgIpc) is 2.99. The predicted molar refractivity (Wildman–Crippen MR) is 110 cm³/mol. The van der Waals surface area contributed by atoms with Crippen LogP contribution in [0.2, 0.25) is 0 Å². The molecule has 2 saturated heterocycles. The second-order valence-corrected chi connectivity index (χ2v) is 8.07. The van der Waals surface area contributed by atoms with Crippen molar-refractivity contribution in [2.45, 2.75) is 38.1 Å². The van der Waals surface area contributed by atoms with Crippen LogP contribution in [-0.4, -0.2) is 30.4 Å². The summed E-state index contributed by atoms with van der Waals surface area (Å²) >= 11 is 0. The molecular weight excluding hydrogens is 366 g/mol. The molecule has 3 aliphatic rings. The fourth-order valence-corrected chi connectivity index (χ4v) is 5.18. The van der Waals surface area contributed by atoms with Crippen molar-refractivity contribution in [2.24, 2.45) is 5.41 Å². The Bertz CT molecular complexity index is 990. The van der Waals surface area contributed by atoms with Gasteiger partial charge in [-0.2, -0.15) is 0 Å². The number of para-hydroxylation sites is 2. The minimum atomic E-state index is -1.30. The summed E-state index contributed by atoms with van der Waals surface area (Å²) in [5, 5.41) is 2.50. The zero-order valence-corrected chi connectivity index (χ0v) is 16.1. The van der Waals surface area contributed by atoms with Crippen molar-refractivity contribution in [1.82, 2.24) is 5.32 Å². The Balaban J connectivity index is 1.68. The van der Waals surface area contributed by atoms with Crippen LogP contribution >= 0.6 is 0 Å². The number of fused-ring (bicyclic) bond motifs is 4. The molecule has 29 heavy (non-hydrogen) atoms. The summed E-state index contributed by atoms with van der Waals surface area (Å²) in [6, 6.07) is 15.9. The molecule has 0 radical (unpaired) electrons. The number of nitrogens with zero attached hydrogens (tertiary/aromatic N) is 2. The van der Waals surface area contributed by atoms with Crippen LogP contribution in [0.1, 0.15) is 31.2 Å². The number of imide groups is 2. The van der Waals surface area contributed by atoms with Gasteiger partial charge in [0.25, 0.3) is 5.91 Å². The molecule has 2 aromatic rings. The van der Waals surface area contributed by atoms with Crippen molar-refractivity contribution in [1.29, 1.82) is 0 Å². The molecule has 0 unspecified atom stereocenters. The van der Waals surface area contributed by atoms with Crippen LogP contribution in [0.3, 0.4) is 0 Å². The van der Waals surface area contributed by atoms with Gasteiger partial charge in [0.1, 0.15) is 0 Å². The maximum atomic E-state index is 13.9. The smallest absolute Gasteiger partial charge is 0.335 e. The molecule has 4 amide bonds. The quantitative estimate of drug-likeness (QED) is 0.760. The number of anilines is 2. The van der Waals surface area contributed by atoms with Crippen LogP contribution in [0.25, 0.3) is 0 Å². The molecule has 5 rings (SSSR count). The molecule has 0 bridgehead atoms. The minimum absolute atomic E-state index is 0.258. The van der Waals surface area contributed by atoms with Crippen molar-refractivity contribution in [2.75, 3.05) is 16.3 Å². The monoisotopic (exact) mass is 389 g/mol. The van der Waals surface area contributed by atoms with Crippen LogP contribution < -0.4 is 15.1 Å². The van der Waals surface area contributed by atoms with Crippen LogP contribution in [0, 0.1) is 5.41 Å². The average molecular weight is 389 g/mol. The number of barbiturate groups is 1. The van der Waals surface area contributed by atoms with Gasteiger partial charge in [-0.1, -0.05) is 49.2 Å². The summed E-state index contributed by atoms with van der Waals surface area (Å²) in [5.74, 6) is -0.880. The summed E-state index contributed by atoms with van der Waals surface area (Å²) in [4.78, 5) is 43.3. The van der Waals surface area contributed by atoms with E-state index in [-0.39, 0.29) is 6.04 Å². The minimum Gasteiger partial charge on any atom is -0.367 e. The van der Waals surface area contributed by atoms with Gasteiger partial charge in [-0.25, -0.2) is 9.69 Å². The van der Waals surface area contributed by atoms with Gasteiger partial charge in [-0.15, -0.1) is 0 Å². The maximum absolute atomic E-state index is 13.9. The number of hydrogen-bond donors (Lipinski definition) is 1. The standard InChI is InChI=1S/C23H23N3O3/c27-20-23(21(28)26(22(29)24-20)17-10-3-1-4-11-17)15-16-9-6-7-12-18(16)25-14-8-2-5-13-19(23)25/h1,3-4,6-7,9-12,19H,2,5,8,13-15H2,(H,24,27,29)/t19-,23+/m0/s1. The predicted octanol–water partition coefficient (Wildman–Crippen LogP) is 3.26. The van der Waals surface area contributed by atoms with Gasteiger partial charge in [0.15, 0.2) is 5.41 Å². The highest BCUT2D eigenvalue weighted by Crippen LogP contribution is 2.47. The van der Waals surface area contributed by atoms with E-state index in [1.165, 1.54) is 0 Å². The molecule has 0 aliphatic carbocycles. The molecule has 0 saturated carbocycles. The molecule has 1 N–H and O–H groups in total. The topological polar surface area (TPSA) is 69.7 Å². The zero-order valence-electron chi connectivity index (χ0n) is 16.1. The molecule has 2 aromatic carbocycles. The SMILES string of the molecule is O=C1NC(=O)[C@]2(Cc3ccccc3N3CCCCC[C@H]32)C(=O)N1c1ccccc1. The number of benzene rings is 2. The first-order valence-corrected chi connectivity index (χ1v) is 10.2. The molecule has 0 aromatic heterocycles. The zero-order chi connectivity index (χ0) is 20.0. The summed E-state index contributed by atoms with van der Waals surface area (Å²) in [6.07, 6.45) is 4.13. The first-order valence-electron chi connectivity index (χ1n) is 10.2. The van der Waals surface area contributed by atoms with Gasteiger partial charge >= 0.3 is 6.03 Å². The maximum Gasteiger partial charge on any atom is 0.335 e. The lowest BCUT2D eigenvalue weighted by atomic mass is 9.67. The molecule has 3 heterocycles. The first-order chi connectivity index (χ1) is 14.1. The van der Waals surface area contributed by atoms with E-state index in [1.807, 2.05) is 24.3 Å². The van der Waals surface area contributed by atoms with Crippen molar-refractivity contribution in [3.05, 3.63) is 60.2 Å². The van der Waals surface area contributed by atoms with E-state index in [0.717, 1.165) is 48.4 Å². The van der Waals surface area contributed by atoms with E-state index in [9.17, 15) is 14.4 Å². The van der Waals surface area contributed by atoms with Gasteiger partial charge in [-0.05, 0) is 43.0 Å². The normalized spacial score (nSPS) is 26.6. The summed E-state index contributed by atoms with van der Waals surface area (Å²) in [6.45, 7) is 0.809. The molecule has 148 valence electrons. The highest BCUT2D eigenvalue weighted by molar-refractivity contribution is 6.30. The Morgan fingerprint density at radius 2 is 1.66 bits per heavy atom. The third-order valence-electron chi connectivity index (χ3n) is 6.52. The van der Waals surface area contributed by atoms with Gasteiger partial charge in [0, 0.05) is 12.2 Å². The van der Waals surface area contributed by atoms with Crippen LogP contribution in [-0.2, 0) is 16.0 Å². The molecule has 3 aliphatic heterocycles. The summed E-state index contributed by atoms with van der Waals surface area (Å²) in [5.41, 5.74) is 1.27. The number of rotatable bonds is 1. The van der Waals surface area contributed by atoms with Gasteiger partial charge in [0.05, 0.1) is 11.7 Å². The Labute approximate surface area is 169 Å². The Hall–Kier alpha value is -3.15. The molecule has 2 atom stereocenters. The number of carbonyl (C=O) groups is 3. The molecule has 6 heteroatoms. The molecule has 6 nitrogen and oxygen atoms in total. The number of nitrogens with one attached hydrogen (secondary N) is 1. The van der Waals surface area contributed by atoms with Crippen molar-refractivity contribution < 1.29 is 14.4 Å². The second kappa shape index (κ2) is 6.72. The number of urea groups is 1. The van der Waals surface area contributed by atoms with Crippen LogP contribution in [0.4, 0.5) is 16.2 Å². The highest BCUT2D eigenvalue weighted by Gasteiger charge is 2.62. The van der Waals surface area contributed by atoms with E-state index >= 15 is 0 Å². The van der Waals surface area contributed by atoms with Crippen LogP contribution in [0.5, 0.6) is 0 Å². The van der Waals surface area contributed by atoms with Crippen molar-refractivity contribution in [3.8, 4) is 0 Å². The third-order valence-corrected chi connectivity index (χ3v) is 6.52. The van der Waals surface area contributed by atoms with Crippen molar-refractivity contribution >= 4 is 29.2 Å². The summed E-state index contributed by atoms with van der Waals surface area (Å²) in [7, 11) is 0. The molecule has 2 fully saturated rings. The Kier molecular flexibility index (Phi) is 4.15. The fourth-order valence-electron chi connectivity index (χ4n) is 5.18.